The minimum atomic E-state index is 0.510. The Morgan fingerprint density at radius 1 is 1.53 bits per heavy atom. The summed E-state index contributed by atoms with van der Waals surface area (Å²) in [6.07, 6.45) is 4.45. The van der Waals surface area contributed by atoms with Gasteiger partial charge in [-0.2, -0.15) is 0 Å². The first kappa shape index (κ1) is 10.6. The summed E-state index contributed by atoms with van der Waals surface area (Å²) in [6, 6.07) is 0.510. The van der Waals surface area contributed by atoms with Crippen LogP contribution >= 0.6 is 11.6 Å². The average molecular weight is 227 g/mol. The lowest BCUT2D eigenvalue weighted by Gasteiger charge is -2.26. The van der Waals surface area contributed by atoms with Crippen LogP contribution in [0.5, 0.6) is 0 Å². The summed E-state index contributed by atoms with van der Waals surface area (Å²) in [5.41, 5.74) is 0. The third-order valence-corrected chi connectivity index (χ3v) is 2.87. The molecule has 1 aromatic heterocycles. The zero-order chi connectivity index (χ0) is 10.7. The van der Waals surface area contributed by atoms with Gasteiger partial charge >= 0.3 is 0 Å². The number of aromatic nitrogens is 2. The summed E-state index contributed by atoms with van der Waals surface area (Å²) in [7, 11) is 0. The van der Waals surface area contributed by atoms with E-state index in [1.54, 1.807) is 12.4 Å². The van der Waals surface area contributed by atoms with Crippen molar-refractivity contribution in [2.75, 3.05) is 24.5 Å². The average Bonchev–Trinajstić information content (AvgIpc) is 2.75. The Kier molecular flexibility index (Phi) is 3.38. The molecule has 1 aromatic rings. The van der Waals surface area contributed by atoms with Crippen LogP contribution in [0, 0.1) is 0 Å². The molecule has 0 aromatic carbocycles. The molecule has 2 rings (SSSR count). The summed E-state index contributed by atoms with van der Waals surface area (Å²) in [5, 5.41) is 3.93. The second-order valence-corrected chi connectivity index (χ2v) is 4.07. The minimum Gasteiger partial charge on any atom is -0.337 e. The van der Waals surface area contributed by atoms with Crippen LogP contribution in [0.25, 0.3) is 0 Å². The Morgan fingerprint density at radius 2 is 2.27 bits per heavy atom. The number of hydrogen-bond acceptors (Lipinski definition) is 4. The molecule has 4 nitrogen and oxygen atoms in total. The summed E-state index contributed by atoms with van der Waals surface area (Å²) in [5.74, 6) is 0.774. The van der Waals surface area contributed by atoms with Gasteiger partial charge in [0.15, 0.2) is 0 Å². The lowest BCUT2D eigenvalue weighted by molar-refractivity contribution is 0.631. The maximum absolute atomic E-state index is 5.76. The van der Waals surface area contributed by atoms with Crippen LogP contribution in [0.3, 0.4) is 0 Å². The normalized spacial score (nSPS) is 20.5. The number of hydrogen-bond donors (Lipinski definition) is 1. The van der Waals surface area contributed by atoms with E-state index in [9.17, 15) is 0 Å². The fourth-order valence-corrected chi connectivity index (χ4v) is 2.02. The molecule has 15 heavy (non-hydrogen) atoms. The highest BCUT2D eigenvalue weighted by Crippen LogP contribution is 2.16. The van der Waals surface area contributed by atoms with Gasteiger partial charge in [-0.3, -0.25) is 0 Å². The predicted octanol–water partition coefficient (Wildman–Crippen LogP) is 1.32. The highest BCUT2D eigenvalue weighted by Gasteiger charge is 2.22. The van der Waals surface area contributed by atoms with Gasteiger partial charge in [-0.05, 0) is 19.9 Å². The molecule has 2 heterocycles. The van der Waals surface area contributed by atoms with Crippen LogP contribution in [-0.4, -0.2) is 35.6 Å². The van der Waals surface area contributed by atoms with Crippen LogP contribution in [0.1, 0.15) is 13.3 Å². The van der Waals surface area contributed by atoms with E-state index in [-0.39, 0.29) is 0 Å². The van der Waals surface area contributed by atoms with E-state index in [0.29, 0.717) is 11.1 Å². The van der Waals surface area contributed by atoms with Crippen molar-refractivity contribution in [2.45, 2.75) is 19.4 Å². The maximum Gasteiger partial charge on any atom is 0.225 e. The third kappa shape index (κ3) is 2.38. The Bertz CT molecular complexity index is 308. The number of nitrogens with zero attached hydrogens (tertiary/aromatic N) is 3. The molecule has 1 saturated heterocycles. The SMILES string of the molecule is CCN(c1ncc(Cl)cn1)C1CCNC1. The van der Waals surface area contributed by atoms with E-state index in [2.05, 4.69) is 27.1 Å². The number of anilines is 1. The van der Waals surface area contributed by atoms with Crippen LogP contribution in [0.2, 0.25) is 5.02 Å². The van der Waals surface area contributed by atoms with E-state index in [1.165, 1.54) is 0 Å². The molecule has 0 radical (unpaired) electrons. The lowest BCUT2D eigenvalue weighted by atomic mass is 10.2. The van der Waals surface area contributed by atoms with Crippen molar-refractivity contribution in [1.82, 2.24) is 15.3 Å². The molecule has 5 heteroatoms. The predicted molar refractivity (Wildman–Crippen MR) is 61.3 cm³/mol. The largest absolute Gasteiger partial charge is 0.337 e. The molecule has 0 saturated carbocycles. The van der Waals surface area contributed by atoms with Gasteiger partial charge in [0.1, 0.15) is 0 Å². The van der Waals surface area contributed by atoms with Gasteiger partial charge in [-0.15, -0.1) is 0 Å². The second-order valence-electron chi connectivity index (χ2n) is 3.63. The van der Waals surface area contributed by atoms with Crippen LogP contribution in [0.15, 0.2) is 12.4 Å². The Balaban J connectivity index is 2.14. The molecule has 1 fully saturated rings. The summed E-state index contributed by atoms with van der Waals surface area (Å²) >= 11 is 5.76. The van der Waals surface area contributed by atoms with Gasteiger partial charge in [0.05, 0.1) is 17.4 Å². The van der Waals surface area contributed by atoms with Crippen LogP contribution in [-0.2, 0) is 0 Å². The first-order valence-corrected chi connectivity index (χ1v) is 5.64. The fourth-order valence-electron chi connectivity index (χ4n) is 1.92. The molecule has 0 spiro atoms. The molecule has 1 N–H and O–H groups in total. The summed E-state index contributed by atoms with van der Waals surface area (Å²) in [4.78, 5) is 10.7. The van der Waals surface area contributed by atoms with Crippen molar-refractivity contribution in [2.24, 2.45) is 0 Å². The van der Waals surface area contributed by atoms with Crippen molar-refractivity contribution >= 4 is 17.5 Å². The van der Waals surface area contributed by atoms with Gasteiger partial charge < -0.3 is 10.2 Å². The standard InChI is InChI=1S/C10H15ClN4/c1-2-15(9-3-4-12-7-9)10-13-5-8(11)6-14-10/h5-6,9,12H,2-4,7H2,1H3. The molecular weight excluding hydrogens is 212 g/mol. The van der Waals surface area contributed by atoms with E-state index < -0.39 is 0 Å². The first-order chi connectivity index (χ1) is 7.31. The minimum absolute atomic E-state index is 0.510. The highest BCUT2D eigenvalue weighted by atomic mass is 35.5. The molecule has 1 aliphatic rings. The highest BCUT2D eigenvalue weighted by molar-refractivity contribution is 6.30. The van der Waals surface area contributed by atoms with Gasteiger partial charge in [0.2, 0.25) is 5.95 Å². The molecule has 0 amide bonds. The number of rotatable bonds is 3. The Labute approximate surface area is 94.7 Å². The zero-order valence-electron chi connectivity index (χ0n) is 8.78. The summed E-state index contributed by atoms with van der Waals surface area (Å²) in [6.45, 7) is 5.14. The molecule has 82 valence electrons. The molecular formula is C10H15ClN4. The van der Waals surface area contributed by atoms with Crippen molar-refractivity contribution in [3.8, 4) is 0 Å². The smallest absolute Gasteiger partial charge is 0.225 e. The third-order valence-electron chi connectivity index (χ3n) is 2.68. The molecule has 0 aliphatic carbocycles. The molecule has 1 unspecified atom stereocenters. The van der Waals surface area contributed by atoms with E-state index in [4.69, 9.17) is 11.6 Å². The topological polar surface area (TPSA) is 41.1 Å². The van der Waals surface area contributed by atoms with Gasteiger partial charge in [-0.25, -0.2) is 9.97 Å². The lowest BCUT2D eigenvalue weighted by Crippen LogP contribution is -2.37. The van der Waals surface area contributed by atoms with Crippen LogP contribution < -0.4 is 10.2 Å². The van der Waals surface area contributed by atoms with Crippen LogP contribution in [0.4, 0.5) is 5.95 Å². The Morgan fingerprint density at radius 3 is 2.80 bits per heavy atom. The fraction of sp³-hybridized carbons (Fsp3) is 0.600. The number of halogens is 1. The molecule has 1 atom stereocenters. The quantitative estimate of drug-likeness (QED) is 0.844. The number of likely N-dealkylation sites (N-methyl/N-ethyl adjacent to an activating group) is 1. The first-order valence-electron chi connectivity index (χ1n) is 5.26. The van der Waals surface area contributed by atoms with Crippen molar-refractivity contribution in [3.63, 3.8) is 0 Å². The Hall–Kier alpha value is -0.870. The van der Waals surface area contributed by atoms with Crippen molar-refractivity contribution in [3.05, 3.63) is 17.4 Å². The van der Waals surface area contributed by atoms with Gasteiger partial charge in [0, 0.05) is 19.1 Å². The number of nitrogens with one attached hydrogen (secondary N) is 1. The summed E-state index contributed by atoms with van der Waals surface area (Å²) < 4.78 is 0. The maximum atomic E-state index is 5.76. The molecule has 1 aliphatic heterocycles. The van der Waals surface area contributed by atoms with Gasteiger partial charge in [-0.1, -0.05) is 11.6 Å². The van der Waals surface area contributed by atoms with Gasteiger partial charge in [0.25, 0.3) is 0 Å². The van der Waals surface area contributed by atoms with E-state index in [1.807, 2.05) is 0 Å². The van der Waals surface area contributed by atoms with Crippen molar-refractivity contribution < 1.29 is 0 Å². The second kappa shape index (κ2) is 4.77. The van der Waals surface area contributed by atoms with Crippen molar-refractivity contribution in [1.29, 1.82) is 0 Å². The monoisotopic (exact) mass is 226 g/mol. The zero-order valence-corrected chi connectivity index (χ0v) is 9.54. The molecule has 0 bridgehead atoms. The van der Waals surface area contributed by atoms with E-state index >= 15 is 0 Å². The van der Waals surface area contributed by atoms with E-state index in [0.717, 1.165) is 32.0 Å².